The van der Waals surface area contributed by atoms with Crippen LogP contribution >= 0.6 is 0 Å². The summed E-state index contributed by atoms with van der Waals surface area (Å²) in [6.07, 6.45) is -3.24. The van der Waals surface area contributed by atoms with E-state index in [-0.39, 0.29) is 37.8 Å². The number of benzene rings is 2. The van der Waals surface area contributed by atoms with Crippen LogP contribution in [-0.4, -0.2) is 106 Å². The zero-order valence-electron chi connectivity index (χ0n) is 36.6. The van der Waals surface area contributed by atoms with Gasteiger partial charge in [0, 0.05) is 64.8 Å². The molecule has 4 rings (SSSR count). The van der Waals surface area contributed by atoms with E-state index in [2.05, 4.69) is 5.32 Å². The summed E-state index contributed by atoms with van der Waals surface area (Å²) in [4.78, 5) is 85.6. The van der Waals surface area contributed by atoms with Crippen molar-refractivity contribution in [1.82, 2.24) is 15.1 Å². The second kappa shape index (κ2) is 22.5. The lowest BCUT2D eigenvalue weighted by molar-refractivity contribution is -0.289. The smallest absolute Gasteiger partial charge is 0.338 e. The molecule has 0 spiro atoms. The maximum absolute atomic E-state index is 12.6. The molecule has 1 fully saturated rings. The highest BCUT2D eigenvalue weighted by atomic mass is 16.7. The van der Waals surface area contributed by atoms with Gasteiger partial charge in [-0.25, -0.2) is 9.59 Å². The zero-order valence-corrected chi connectivity index (χ0v) is 36.6. The Morgan fingerprint density at radius 2 is 1.46 bits per heavy atom. The zero-order chi connectivity index (χ0) is 46.4. The fraction of sp³-hybridized carbons (Fsp3) is 0.467. The fourth-order valence-corrected chi connectivity index (χ4v) is 6.70. The summed E-state index contributed by atoms with van der Waals surface area (Å²) in [6.45, 7) is 11.2. The molecule has 340 valence electrons. The van der Waals surface area contributed by atoms with Crippen LogP contribution < -0.4 is 10.1 Å². The van der Waals surface area contributed by atoms with E-state index in [4.69, 9.17) is 38.3 Å². The second-order valence-electron chi connectivity index (χ2n) is 15.6. The summed E-state index contributed by atoms with van der Waals surface area (Å²) in [5, 5.41) is 16.6. The topological polar surface area (TPSA) is 234 Å². The molecule has 1 aromatic heterocycles. The summed E-state index contributed by atoms with van der Waals surface area (Å²) in [6, 6.07) is 16.0. The predicted octanol–water partition coefficient (Wildman–Crippen LogP) is 4.69. The van der Waals surface area contributed by atoms with Gasteiger partial charge in [-0.1, -0.05) is 68.5 Å². The van der Waals surface area contributed by atoms with Crippen LogP contribution in [0.25, 0.3) is 6.08 Å². The number of rotatable bonds is 20. The third-order valence-electron chi connectivity index (χ3n) is 9.50. The number of amides is 1. The van der Waals surface area contributed by atoms with Crippen LogP contribution in [0.3, 0.4) is 0 Å². The van der Waals surface area contributed by atoms with Gasteiger partial charge < -0.3 is 43.6 Å². The highest BCUT2D eigenvalue weighted by Gasteiger charge is 2.54. The fourth-order valence-electron chi connectivity index (χ4n) is 6.70. The maximum Gasteiger partial charge on any atom is 0.338 e. The number of aryl methyl sites for hydroxylation is 1. The second-order valence-corrected chi connectivity index (χ2v) is 15.6. The first-order valence-corrected chi connectivity index (χ1v) is 20.3. The molecule has 2 N–H and O–H groups in total. The van der Waals surface area contributed by atoms with E-state index in [1.165, 1.54) is 20.8 Å². The number of carboxylic acid groups (broad SMARTS) is 1. The minimum atomic E-state index is -1.55. The van der Waals surface area contributed by atoms with Gasteiger partial charge in [-0.3, -0.25) is 28.7 Å². The number of nitrogens with zero attached hydrogens (tertiary/aromatic N) is 2. The number of carboxylic acids is 1. The number of aromatic nitrogens is 2. The van der Waals surface area contributed by atoms with Crippen molar-refractivity contribution in [3.8, 4) is 5.88 Å². The average Bonchev–Trinajstić information content (AvgIpc) is 3.54. The Bertz CT molecular complexity index is 2130. The molecule has 3 aromatic rings. The molecule has 1 aliphatic rings. The number of hydrogen-bond acceptors (Lipinski definition) is 15. The van der Waals surface area contributed by atoms with Crippen molar-refractivity contribution in [3.05, 3.63) is 88.6 Å². The van der Waals surface area contributed by atoms with E-state index in [0.717, 1.165) is 37.6 Å². The molecule has 0 aliphatic carbocycles. The Morgan fingerprint density at radius 1 is 0.841 bits per heavy atom. The van der Waals surface area contributed by atoms with Crippen molar-refractivity contribution in [3.63, 3.8) is 0 Å². The Balaban J connectivity index is 1.71. The first-order valence-electron chi connectivity index (χ1n) is 20.3. The number of esters is 5. The predicted molar refractivity (Wildman–Crippen MR) is 223 cm³/mol. The minimum absolute atomic E-state index is 0.0409. The number of carbonyl (C=O) groups excluding carboxylic acids is 6. The normalized spacial score (nSPS) is 18.6. The van der Waals surface area contributed by atoms with Crippen LogP contribution in [0.5, 0.6) is 5.88 Å². The SMILES string of the molecule is CC(=O)OC[C@H]1O[C@@H](Oc2nn(CCCOC(=O)c3ccccc3)c(C(C)C)c2Cc2ccc(C=CCC(=O)NC(C)(C)C(=O)O)cc2)[C@H](OC(C)=O)[C@@H](OC(C)=O)[C@H]1OC(C)=O. The molecular formula is C45H55N3O15. The Labute approximate surface area is 365 Å². The van der Waals surface area contributed by atoms with E-state index in [0.29, 0.717) is 17.5 Å². The molecule has 0 radical (unpaired) electrons. The molecule has 5 atom stereocenters. The highest BCUT2D eigenvalue weighted by Crippen LogP contribution is 2.35. The van der Waals surface area contributed by atoms with Crippen LogP contribution in [0, 0.1) is 0 Å². The molecule has 1 amide bonds. The van der Waals surface area contributed by atoms with Crippen molar-refractivity contribution in [2.75, 3.05) is 13.2 Å². The summed E-state index contributed by atoms with van der Waals surface area (Å²) in [7, 11) is 0. The number of ether oxygens (including phenoxy) is 7. The van der Waals surface area contributed by atoms with E-state index >= 15 is 0 Å². The van der Waals surface area contributed by atoms with Gasteiger partial charge in [0.1, 0.15) is 18.2 Å². The van der Waals surface area contributed by atoms with Crippen LogP contribution in [0.2, 0.25) is 0 Å². The van der Waals surface area contributed by atoms with Gasteiger partial charge in [0.25, 0.3) is 0 Å². The third-order valence-corrected chi connectivity index (χ3v) is 9.50. The average molecular weight is 878 g/mol. The highest BCUT2D eigenvalue weighted by molar-refractivity contribution is 5.89. The van der Waals surface area contributed by atoms with E-state index < -0.39 is 84.6 Å². The molecule has 18 heteroatoms. The van der Waals surface area contributed by atoms with Crippen molar-refractivity contribution in [1.29, 1.82) is 0 Å². The number of nitrogens with one attached hydrogen (secondary N) is 1. The van der Waals surface area contributed by atoms with Crippen LogP contribution in [0.4, 0.5) is 0 Å². The lowest BCUT2D eigenvalue weighted by Crippen LogP contribution is -2.63. The van der Waals surface area contributed by atoms with Crippen LogP contribution in [-0.2, 0) is 70.2 Å². The van der Waals surface area contributed by atoms with Crippen molar-refractivity contribution >= 4 is 47.8 Å². The molecule has 63 heavy (non-hydrogen) atoms. The molecular weight excluding hydrogens is 823 g/mol. The molecule has 2 aromatic carbocycles. The largest absolute Gasteiger partial charge is 0.480 e. The molecule has 18 nitrogen and oxygen atoms in total. The third kappa shape index (κ3) is 14.5. The summed E-state index contributed by atoms with van der Waals surface area (Å²) in [5.74, 6) is -5.23. The first kappa shape index (κ1) is 49.1. The molecule has 1 saturated heterocycles. The summed E-state index contributed by atoms with van der Waals surface area (Å²) in [5.41, 5.74) is 1.94. The molecule has 0 bridgehead atoms. The van der Waals surface area contributed by atoms with Crippen LogP contribution in [0.1, 0.15) is 107 Å². The number of carbonyl (C=O) groups is 7. The minimum Gasteiger partial charge on any atom is -0.480 e. The lowest BCUT2D eigenvalue weighted by Gasteiger charge is -2.43. The number of hydrogen-bond donors (Lipinski definition) is 2. The maximum atomic E-state index is 12.6. The lowest BCUT2D eigenvalue weighted by atomic mass is 9.97. The molecule has 2 heterocycles. The first-order chi connectivity index (χ1) is 29.7. The Hall–Kier alpha value is -6.56. The molecule has 1 aliphatic heterocycles. The van der Waals surface area contributed by atoms with Crippen molar-refractivity contribution in [2.45, 2.75) is 123 Å². The van der Waals surface area contributed by atoms with Gasteiger partial charge in [-0.2, -0.15) is 0 Å². The standard InChI is InChI=1S/C45H55N3O15/c1-26(2)37-34(24-32-20-18-31(19-21-32)14-12-17-36(53)46-45(7,8)44(55)56)41(47-48(37)22-13-23-57-42(54)33-15-10-9-11-16-33)63-43-40(61-30(6)52)39(60-29(5)51)38(59-28(4)50)35(62-43)25-58-27(3)49/h9-12,14-16,18-21,26,35,38-40,43H,13,17,22-25H2,1-8H3,(H,46,53)(H,55,56)/t35-,38+,39+,40-,43+/m1/s1. The van der Waals surface area contributed by atoms with Gasteiger partial charge in [-0.15, -0.1) is 5.10 Å². The molecule has 0 saturated carbocycles. The summed E-state index contributed by atoms with van der Waals surface area (Å²) < 4.78 is 42.0. The number of aliphatic carboxylic acids is 1. The van der Waals surface area contributed by atoms with Gasteiger partial charge in [0.15, 0.2) is 12.2 Å². The quantitative estimate of drug-likeness (QED) is 0.0890. The van der Waals surface area contributed by atoms with E-state index in [1.54, 1.807) is 47.2 Å². The van der Waals surface area contributed by atoms with E-state index in [9.17, 15) is 38.7 Å². The van der Waals surface area contributed by atoms with Gasteiger partial charge in [-0.05, 0) is 43.0 Å². The van der Waals surface area contributed by atoms with Gasteiger partial charge in [0.2, 0.25) is 24.2 Å². The summed E-state index contributed by atoms with van der Waals surface area (Å²) >= 11 is 0. The van der Waals surface area contributed by atoms with Crippen molar-refractivity contribution < 1.29 is 71.8 Å². The van der Waals surface area contributed by atoms with Crippen molar-refractivity contribution in [2.24, 2.45) is 0 Å². The monoisotopic (exact) mass is 877 g/mol. The van der Waals surface area contributed by atoms with E-state index in [1.807, 2.05) is 38.1 Å². The molecule has 0 unspecified atom stereocenters. The van der Waals surface area contributed by atoms with Gasteiger partial charge in [0.05, 0.1) is 12.2 Å². The Morgan fingerprint density at radius 3 is 2.05 bits per heavy atom. The van der Waals surface area contributed by atoms with Crippen LogP contribution in [0.15, 0.2) is 60.7 Å². The van der Waals surface area contributed by atoms with Gasteiger partial charge >= 0.3 is 35.8 Å². The Kier molecular flexibility index (Phi) is 17.5.